The van der Waals surface area contributed by atoms with Crippen LogP contribution in [0.3, 0.4) is 0 Å². The first kappa shape index (κ1) is 7.98. The minimum Gasteiger partial charge on any atom is -0.315 e. The normalized spacial score (nSPS) is 26.7. The predicted octanol–water partition coefficient (Wildman–Crippen LogP) is 0.279. The van der Waals surface area contributed by atoms with Gasteiger partial charge in [-0.25, -0.2) is 0 Å². The minimum absolute atomic E-state index is 0.522. The molecule has 1 unspecified atom stereocenters. The number of rotatable bonds is 3. The van der Waals surface area contributed by atoms with Crippen LogP contribution in [0.2, 0.25) is 0 Å². The highest BCUT2D eigenvalue weighted by Gasteiger charge is 2.11. The van der Waals surface area contributed by atoms with Crippen molar-refractivity contribution in [1.29, 1.82) is 0 Å². The van der Waals surface area contributed by atoms with Gasteiger partial charge in [0.15, 0.2) is 0 Å². The average Bonchev–Trinajstić information content (AvgIpc) is 2.03. The number of hydrogen-bond donors (Lipinski definition) is 2. The van der Waals surface area contributed by atoms with Gasteiger partial charge in [0, 0.05) is 12.6 Å². The Morgan fingerprint density at radius 3 is 3.20 bits per heavy atom. The van der Waals surface area contributed by atoms with Crippen molar-refractivity contribution in [3.63, 3.8) is 0 Å². The van der Waals surface area contributed by atoms with Crippen molar-refractivity contribution in [2.45, 2.75) is 25.8 Å². The first-order valence-corrected chi connectivity index (χ1v) is 4.01. The summed E-state index contributed by atoms with van der Waals surface area (Å²) in [7, 11) is 0. The van der Waals surface area contributed by atoms with Gasteiger partial charge in [0.25, 0.3) is 0 Å². The van der Waals surface area contributed by atoms with Crippen molar-refractivity contribution in [3.05, 3.63) is 0 Å². The summed E-state index contributed by atoms with van der Waals surface area (Å²) in [5.41, 5.74) is 3.01. The van der Waals surface area contributed by atoms with Crippen molar-refractivity contribution in [2.24, 2.45) is 0 Å². The molecule has 1 aliphatic heterocycles. The van der Waals surface area contributed by atoms with E-state index in [1.807, 2.05) is 6.92 Å². The lowest BCUT2D eigenvalue weighted by Crippen LogP contribution is -2.42. The molecule has 3 nitrogen and oxygen atoms in total. The Hall–Kier alpha value is -0.120. The number of hydrogen-bond acceptors (Lipinski definition) is 3. The second-order valence-electron chi connectivity index (χ2n) is 2.59. The summed E-state index contributed by atoms with van der Waals surface area (Å²) >= 11 is 0. The molecule has 0 aromatic heterocycles. The molecule has 0 radical (unpaired) electrons. The monoisotopic (exact) mass is 144 g/mol. The van der Waals surface area contributed by atoms with E-state index in [0.717, 1.165) is 19.7 Å². The molecule has 0 aliphatic carbocycles. The molecule has 0 aromatic rings. The first-order chi connectivity index (χ1) is 4.93. The summed E-state index contributed by atoms with van der Waals surface area (Å²) in [6.07, 6.45) is 2.48. The molecule has 3 heteroatoms. The van der Waals surface area contributed by atoms with Crippen molar-refractivity contribution in [3.8, 4) is 0 Å². The average molecular weight is 144 g/mol. The van der Waals surface area contributed by atoms with E-state index >= 15 is 0 Å². The van der Waals surface area contributed by atoms with Crippen LogP contribution in [-0.2, 0) is 4.84 Å². The van der Waals surface area contributed by atoms with E-state index in [1.54, 1.807) is 0 Å². The number of nitrogens with one attached hydrogen (secondary N) is 2. The Bertz CT molecular complexity index is 81.7. The second kappa shape index (κ2) is 4.66. The Kier molecular flexibility index (Phi) is 3.72. The standard InChI is InChI=1S/C7H16N2O/c1-2-10-9-7-4-3-5-8-6-7/h7-9H,2-6H2,1H3. The van der Waals surface area contributed by atoms with Gasteiger partial charge in [-0.15, -0.1) is 0 Å². The highest BCUT2D eigenvalue weighted by atomic mass is 16.6. The Balaban J connectivity index is 2.02. The van der Waals surface area contributed by atoms with Crippen LogP contribution in [0, 0.1) is 0 Å². The zero-order valence-electron chi connectivity index (χ0n) is 6.52. The van der Waals surface area contributed by atoms with Gasteiger partial charge >= 0.3 is 0 Å². The molecular weight excluding hydrogens is 128 g/mol. The maximum absolute atomic E-state index is 5.08. The SMILES string of the molecule is CCONC1CCCNC1. The lowest BCUT2D eigenvalue weighted by atomic mass is 10.1. The number of piperidine rings is 1. The molecule has 1 heterocycles. The molecule has 1 aliphatic rings. The van der Waals surface area contributed by atoms with Crippen molar-refractivity contribution >= 4 is 0 Å². The fourth-order valence-electron chi connectivity index (χ4n) is 1.15. The molecule has 1 fully saturated rings. The second-order valence-corrected chi connectivity index (χ2v) is 2.59. The van der Waals surface area contributed by atoms with Crippen LogP contribution >= 0.6 is 0 Å². The van der Waals surface area contributed by atoms with E-state index in [2.05, 4.69) is 10.8 Å². The molecule has 0 spiro atoms. The van der Waals surface area contributed by atoms with Crippen molar-refractivity contribution < 1.29 is 4.84 Å². The maximum Gasteiger partial charge on any atom is 0.0654 e. The van der Waals surface area contributed by atoms with Crippen LogP contribution in [0.25, 0.3) is 0 Å². The molecule has 0 amide bonds. The van der Waals surface area contributed by atoms with E-state index in [4.69, 9.17) is 4.84 Å². The highest BCUT2D eigenvalue weighted by Crippen LogP contribution is 2.00. The third kappa shape index (κ3) is 2.64. The van der Waals surface area contributed by atoms with Gasteiger partial charge in [-0.1, -0.05) is 0 Å². The summed E-state index contributed by atoms with van der Waals surface area (Å²) in [6.45, 7) is 4.93. The molecule has 0 saturated carbocycles. The first-order valence-electron chi connectivity index (χ1n) is 4.01. The largest absolute Gasteiger partial charge is 0.315 e. The molecule has 1 rings (SSSR count). The van der Waals surface area contributed by atoms with E-state index < -0.39 is 0 Å². The molecule has 10 heavy (non-hydrogen) atoms. The van der Waals surface area contributed by atoms with E-state index in [0.29, 0.717) is 6.04 Å². The molecule has 0 bridgehead atoms. The molecular formula is C7H16N2O. The fourth-order valence-corrected chi connectivity index (χ4v) is 1.15. The molecule has 60 valence electrons. The van der Waals surface area contributed by atoms with E-state index in [1.165, 1.54) is 12.8 Å². The summed E-state index contributed by atoms with van der Waals surface area (Å²) in [5, 5.41) is 3.30. The molecule has 0 aromatic carbocycles. The zero-order valence-corrected chi connectivity index (χ0v) is 6.52. The lowest BCUT2D eigenvalue weighted by molar-refractivity contribution is 0.0187. The van der Waals surface area contributed by atoms with Crippen molar-refractivity contribution in [1.82, 2.24) is 10.8 Å². The van der Waals surface area contributed by atoms with Crippen LogP contribution in [0.5, 0.6) is 0 Å². The van der Waals surface area contributed by atoms with Gasteiger partial charge in [0.05, 0.1) is 6.61 Å². The van der Waals surface area contributed by atoms with Gasteiger partial charge < -0.3 is 10.2 Å². The smallest absolute Gasteiger partial charge is 0.0654 e. The Morgan fingerprint density at radius 2 is 2.60 bits per heavy atom. The van der Waals surface area contributed by atoms with Crippen LogP contribution in [0.1, 0.15) is 19.8 Å². The third-order valence-corrected chi connectivity index (χ3v) is 1.69. The van der Waals surface area contributed by atoms with Gasteiger partial charge in [-0.2, -0.15) is 5.48 Å². The van der Waals surface area contributed by atoms with Crippen LogP contribution in [0.15, 0.2) is 0 Å². The molecule has 1 atom stereocenters. The minimum atomic E-state index is 0.522. The summed E-state index contributed by atoms with van der Waals surface area (Å²) in [4.78, 5) is 5.08. The van der Waals surface area contributed by atoms with Gasteiger partial charge in [-0.05, 0) is 26.3 Å². The highest BCUT2D eigenvalue weighted by molar-refractivity contribution is 4.71. The Labute approximate surface area is 62.1 Å². The summed E-state index contributed by atoms with van der Waals surface area (Å²) < 4.78 is 0. The summed E-state index contributed by atoms with van der Waals surface area (Å²) in [5.74, 6) is 0. The summed E-state index contributed by atoms with van der Waals surface area (Å²) in [6, 6.07) is 0.522. The van der Waals surface area contributed by atoms with E-state index in [-0.39, 0.29) is 0 Å². The maximum atomic E-state index is 5.08. The van der Waals surface area contributed by atoms with Gasteiger partial charge in [-0.3, -0.25) is 0 Å². The molecule has 1 saturated heterocycles. The van der Waals surface area contributed by atoms with Crippen LogP contribution < -0.4 is 10.8 Å². The lowest BCUT2D eigenvalue weighted by Gasteiger charge is -2.22. The zero-order chi connectivity index (χ0) is 7.23. The quantitative estimate of drug-likeness (QED) is 0.558. The van der Waals surface area contributed by atoms with Crippen LogP contribution in [0.4, 0.5) is 0 Å². The molecule has 2 N–H and O–H groups in total. The number of hydroxylamine groups is 1. The van der Waals surface area contributed by atoms with Gasteiger partial charge in [0.1, 0.15) is 0 Å². The van der Waals surface area contributed by atoms with Gasteiger partial charge in [0.2, 0.25) is 0 Å². The Morgan fingerprint density at radius 1 is 1.70 bits per heavy atom. The van der Waals surface area contributed by atoms with Crippen molar-refractivity contribution in [2.75, 3.05) is 19.7 Å². The van der Waals surface area contributed by atoms with Crippen LogP contribution in [-0.4, -0.2) is 25.7 Å². The topological polar surface area (TPSA) is 33.3 Å². The third-order valence-electron chi connectivity index (χ3n) is 1.69. The van der Waals surface area contributed by atoms with E-state index in [9.17, 15) is 0 Å². The fraction of sp³-hybridized carbons (Fsp3) is 1.00. The predicted molar refractivity (Wildman–Crippen MR) is 40.7 cm³/mol.